The van der Waals surface area contributed by atoms with Crippen molar-refractivity contribution in [2.45, 2.75) is 70.6 Å². The van der Waals surface area contributed by atoms with Gasteiger partial charge in [0, 0.05) is 24.9 Å². The lowest BCUT2D eigenvalue weighted by atomic mass is 9.81. The summed E-state index contributed by atoms with van der Waals surface area (Å²) in [5.41, 5.74) is -0.723. The Hall–Kier alpha value is -0.120. The molecule has 1 heterocycles. The highest BCUT2D eigenvalue weighted by Gasteiger charge is 2.41. The van der Waals surface area contributed by atoms with Crippen LogP contribution in [0.3, 0.4) is 0 Å². The van der Waals surface area contributed by atoms with E-state index in [-0.39, 0.29) is 11.1 Å². The van der Waals surface area contributed by atoms with Crippen LogP contribution in [0.1, 0.15) is 53.9 Å². The molecule has 0 amide bonds. The summed E-state index contributed by atoms with van der Waals surface area (Å²) in [6, 6.07) is 0. The van der Waals surface area contributed by atoms with Gasteiger partial charge in [0.05, 0.1) is 17.8 Å². The van der Waals surface area contributed by atoms with Crippen molar-refractivity contribution < 1.29 is 9.84 Å². The number of rotatable bonds is 3. The lowest BCUT2D eigenvalue weighted by molar-refractivity contribution is -0.152. The van der Waals surface area contributed by atoms with Crippen LogP contribution in [-0.2, 0) is 4.74 Å². The molecule has 1 fully saturated rings. The quantitative estimate of drug-likeness (QED) is 0.778. The van der Waals surface area contributed by atoms with Crippen LogP contribution >= 0.6 is 0 Å². The molecule has 2 atom stereocenters. The van der Waals surface area contributed by atoms with Crippen molar-refractivity contribution in [3.05, 3.63) is 0 Å². The van der Waals surface area contributed by atoms with Crippen LogP contribution in [0.4, 0.5) is 0 Å². The molecule has 16 heavy (non-hydrogen) atoms. The fourth-order valence-corrected chi connectivity index (χ4v) is 2.13. The van der Waals surface area contributed by atoms with Gasteiger partial charge in [0.15, 0.2) is 0 Å². The molecule has 0 aromatic rings. The molecule has 0 aromatic heterocycles. The van der Waals surface area contributed by atoms with Gasteiger partial charge in [-0.3, -0.25) is 0 Å². The molecule has 3 nitrogen and oxygen atoms in total. The molecule has 0 saturated carbocycles. The summed E-state index contributed by atoms with van der Waals surface area (Å²) in [5, 5.41) is 13.9. The van der Waals surface area contributed by atoms with E-state index in [4.69, 9.17) is 4.74 Å². The van der Waals surface area contributed by atoms with E-state index in [0.717, 1.165) is 19.3 Å². The van der Waals surface area contributed by atoms with Gasteiger partial charge in [-0.1, -0.05) is 6.92 Å². The third-order valence-electron chi connectivity index (χ3n) is 3.42. The second kappa shape index (κ2) is 4.63. The van der Waals surface area contributed by atoms with E-state index < -0.39 is 5.60 Å². The summed E-state index contributed by atoms with van der Waals surface area (Å²) >= 11 is 0. The minimum Gasteiger partial charge on any atom is -0.388 e. The zero-order chi connectivity index (χ0) is 12.4. The molecule has 0 radical (unpaired) electrons. The number of nitrogens with one attached hydrogen (secondary N) is 1. The molecule has 1 saturated heterocycles. The number of hydrogen-bond acceptors (Lipinski definition) is 3. The SMILES string of the molecule is CCC1(C)CC(O)(CNC(C)(C)C)CCO1. The van der Waals surface area contributed by atoms with E-state index in [9.17, 15) is 5.11 Å². The van der Waals surface area contributed by atoms with Gasteiger partial charge in [-0.25, -0.2) is 0 Å². The molecule has 1 rings (SSSR count). The first kappa shape index (κ1) is 13.9. The van der Waals surface area contributed by atoms with Crippen LogP contribution in [0.15, 0.2) is 0 Å². The van der Waals surface area contributed by atoms with Crippen LogP contribution in [0.2, 0.25) is 0 Å². The standard InChI is InChI=1S/C13H27NO2/c1-6-12(5)9-13(15,7-8-16-12)10-14-11(2,3)4/h14-15H,6-10H2,1-5H3. The Morgan fingerprint density at radius 3 is 2.50 bits per heavy atom. The Labute approximate surface area is 99.6 Å². The van der Waals surface area contributed by atoms with E-state index in [0.29, 0.717) is 13.2 Å². The molecule has 0 aliphatic carbocycles. The summed E-state index contributed by atoms with van der Waals surface area (Å²) in [5.74, 6) is 0. The van der Waals surface area contributed by atoms with E-state index in [1.165, 1.54) is 0 Å². The number of β-amino-alcohol motifs (C(OH)–C–C–N with tert-alkyl or cyclic N) is 1. The normalized spacial score (nSPS) is 36.4. The smallest absolute Gasteiger partial charge is 0.0820 e. The van der Waals surface area contributed by atoms with Crippen molar-refractivity contribution in [1.82, 2.24) is 5.32 Å². The van der Waals surface area contributed by atoms with Crippen LogP contribution < -0.4 is 5.32 Å². The Balaban J connectivity index is 2.56. The zero-order valence-electron chi connectivity index (χ0n) is 11.4. The van der Waals surface area contributed by atoms with Crippen molar-refractivity contribution in [1.29, 1.82) is 0 Å². The first-order valence-corrected chi connectivity index (χ1v) is 6.29. The molecule has 0 bridgehead atoms. The van der Waals surface area contributed by atoms with Gasteiger partial charge in [0.25, 0.3) is 0 Å². The topological polar surface area (TPSA) is 41.5 Å². The Morgan fingerprint density at radius 1 is 1.38 bits per heavy atom. The summed E-state index contributed by atoms with van der Waals surface area (Å²) < 4.78 is 5.75. The van der Waals surface area contributed by atoms with E-state index in [1.54, 1.807) is 0 Å². The molecular weight excluding hydrogens is 202 g/mol. The average Bonchev–Trinajstić information content (AvgIpc) is 2.14. The summed E-state index contributed by atoms with van der Waals surface area (Å²) in [6.07, 6.45) is 2.40. The second-order valence-electron chi connectivity index (χ2n) is 6.41. The maximum absolute atomic E-state index is 10.6. The molecule has 1 aliphatic heterocycles. The van der Waals surface area contributed by atoms with Crippen molar-refractivity contribution in [2.75, 3.05) is 13.2 Å². The lowest BCUT2D eigenvalue weighted by Crippen LogP contribution is -2.54. The highest BCUT2D eigenvalue weighted by atomic mass is 16.5. The molecular formula is C13H27NO2. The van der Waals surface area contributed by atoms with Crippen molar-refractivity contribution in [3.8, 4) is 0 Å². The fraction of sp³-hybridized carbons (Fsp3) is 1.00. The van der Waals surface area contributed by atoms with E-state index in [1.807, 2.05) is 0 Å². The molecule has 3 heteroatoms. The summed E-state index contributed by atoms with van der Waals surface area (Å²) in [7, 11) is 0. The average molecular weight is 229 g/mol. The van der Waals surface area contributed by atoms with Gasteiger partial charge >= 0.3 is 0 Å². The Bertz CT molecular complexity index is 237. The monoisotopic (exact) mass is 229 g/mol. The molecule has 0 aromatic carbocycles. The highest BCUT2D eigenvalue weighted by Crippen LogP contribution is 2.34. The maximum atomic E-state index is 10.6. The number of ether oxygens (including phenoxy) is 1. The summed E-state index contributed by atoms with van der Waals surface area (Å²) in [4.78, 5) is 0. The largest absolute Gasteiger partial charge is 0.388 e. The predicted molar refractivity (Wildman–Crippen MR) is 66.6 cm³/mol. The number of aliphatic hydroxyl groups is 1. The van der Waals surface area contributed by atoms with Gasteiger partial charge in [0.1, 0.15) is 0 Å². The molecule has 2 N–H and O–H groups in total. The van der Waals surface area contributed by atoms with Crippen LogP contribution in [0, 0.1) is 0 Å². The molecule has 0 spiro atoms. The van der Waals surface area contributed by atoms with Gasteiger partial charge in [-0.15, -0.1) is 0 Å². The van der Waals surface area contributed by atoms with Gasteiger partial charge in [0.2, 0.25) is 0 Å². The molecule has 96 valence electrons. The Kier molecular flexibility index (Phi) is 4.04. The van der Waals surface area contributed by atoms with Gasteiger partial charge in [-0.05, 0) is 34.1 Å². The van der Waals surface area contributed by atoms with Crippen LogP contribution in [0.5, 0.6) is 0 Å². The van der Waals surface area contributed by atoms with Crippen LogP contribution in [0.25, 0.3) is 0 Å². The lowest BCUT2D eigenvalue weighted by Gasteiger charge is -2.44. The van der Waals surface area contributed by atoms with E-state index in [2.05, 4.69) is 39.9 Å². The third-order valence-corrected chi connectivity index (χ3v) is 3.42. The minimum absolute atomic E-state index is 0.0522. The summed E-state index contributed by atoms with van der Waals surface area (Å²) in [6.45, 7) is 11.9. The molecule has 2 unspecified atom stereocenters. The van der Waals surface area contributed by atoms with Crippen LogP contribution in [-0.4, -0.2) is 35.0 Å². The number of hydrogen-bond donors (Lipinski definition) is 2. The predicted octanol–water partition coefficient (Wildman–Crippen LogP) is 2.08. The Morgan fingerprint density at radius 2 is 2.00 bits per heavy atom. The highest BCUT2D eigenvalue weighted by molar-refractivity contribution is 4.94. The first-order chi connectivity index (χ1) is 7.18. The molecule has 1 aliphatic rings. The first-order valence-electron chi connectivity index (χ1n) is 6.29. The van der Waals surface area contributed by atoms with E-state index >= 15 is 0 Å². The van der Waals surface area contributed by atoms with Crippen molar-refractivity contribution in [3.63, 3.8) is 0 Å². The third kappa shape index (κ3) is 4.04. The maximum Gasteiger partial charge on any atom is 0.0820 e. The second-order valence-corrected chi connectivity index (χ2v) is 6.41. The zero-order valence-corrected chi connectivity index (χ0v) is 11.4. The van der Waals surface area contributed by atoms with Gasteiger partial charge in [-0.2, -0.15) is 0 Å². The van der Waals surface area contributed by atoms with Crippen molar-refractivity contribution in [2.24, 2.45) is 0 Å². The van der Waals surface area contributed by atoms with Gasteiger partial charge < -0.3 is 15.2 Å². The minimum atomic E-state index is -0.615. The van der Waals surface area contributed by atoms with Crippen molar-refractivity contribution >= 4 is 0 Å². The fourth-order valence-electron chi connectivity index (χ4n) is 2.13.